The molecule has 0 rings (SSSR count). The van der Waals surface area contributed by atoms with E-state index in [2.05, 4.69) is 19.2 Å². The number of hydrogen-bond acceptors (Lipinski definition) is 6. The third-order valence-corrected chi connectivity index (χ3v) is 3.40. The van der Waals surface area contributed by atoms with E-state index in [9.17, 15) is 9.79 Å². The molecular weight excluding hydrogens is 281 g/mol. The van der Waals surface area contributed by atoms with E-state index in [-0.39, 0.29) is 18.6 Å². The Kier molecular flexibility index (Phi) is 10.1. The van der Waals surface area contributed by atoms with E-state index < -0.39 is 8.17 Å². The molecule has 0 spiro atoms. The summed E-state index contributed by atoms with van der Waals surface area (Å²) in [5, 5.41) is 3.15. The molecule has 0 aromatic rings. The smallest absolute Gasteiger partial charge is 0.381 e. The summed E-state index contributed by atoms with van der Waals surface area (Å²) in [6, 6.07) is 0. The average Bonchev–Trinajstić information content (AvgIpc) is 2.34. The molecule has 0 amide bonds. The molecule has 0 aromatic carbocycles. The number of nitrogens with one attached hydrogen (secondary N) is 1. The van der Waals surface area contributed by atoms with Crippen LogP contribution in [0.2, 0.25) is 0 Å². The summed E-state index contributed by atoms with van der Waals surface area (Å²) in [5.74, 6) is 0.549. The molecule has 0 aromatic heterocycles. The lowest BCUT2D eigenvalue weighted by Crippen LogP contribution is -2.27. The average molecular weight is 312 g/mol. The lowest BCUT2D eigenvalue weighted by Gasteiger charge is -2.23. The molecule has 7 heteroatoms. The van der Waals surface area contributed by atoms with Gasteiger partial charge in [-0.3, -0.25) is 0 Å². The van der Waals surface area contributed by atoms with Crippen LogP contribution in [0.25, 0.3) is 0 Å². The van der Waals surface area contributed by atoms with E-state index in [1.165, 1.54) is 0 Å². The summed E-state index contributed by atoms with van der Waals surface area (Å²) < 4.78 is 15.4. The topological polar surface area (TPSA) is 80.2 Å². The van der Waals surface area contributed by atoms with Crippen molar-refractivity contribution in [2.24, 2.45) is 11.3 Å². The second-order valence-electron chi connectivity index (χ2n) is 6.00. The van der Waals surface area contributed by atoms with Crippen LogP contribution in [-0.2, 0) is 13.8 Å². The van der Waals surface area contributed by atoms with Crippen molar-refractivity contribution >= 4 is 8.17 Å². The normalized spacial score (nSPS) is 13.2. The number of rotatable bonds is 12. The van der Waals surface area contributed by atoms with E-state index in [0.29, 0.717) is 25.7 Å². The Morgan fingerprint density at radius 3 is 2.35 bits per heavy atom. The summed E-state index contributed by atoms with van der Waals surface area (Å²) in [5.41, 5.74) is -0.286. The highest BCUT2D eigenvalue weighted by Gasteiger charge is 2.41. The van der Waals surface area contributed by atoms with Crippen LogP contribution in [0.4, 0.5) is 0 Å². The van der Waals surface area contributed by atoms with Crippen molar-refractivity contribution < 1.29 is 23.6 Å². The van der Waals surface area contributed by atoms with Gasteiger partial charge < -0.3 is 10.1 Å². The van der Waals surface area contributed by atoms with Gasteiger partial charge in [0.15, 0.2) is 0 Å². The molecule has 0 bridgehead atoms. The largest absolute Gasteiger partial charge is 0.570 e. The second kappa shape index (κ2) is 10.0. The van der Waals surface area contributed by atoms with E-state index in [1.807, 2.05) is 20.8 Å². The fraction of sp³-hybridized carbons (Fsp3) is 1.00. The van der Waals surface area contributed by atoms with Crippen LogP contribution in [0.1, 0.15) is 34.6 Å². The summed E-state index contributed by atoms with van der Waals surface area (Å²) in [7, 11) is -3.73. The van der Waals surface area contributed by atoms with E-state index >= 15 is 0 Å². The van der Waals surface area contributed by atoms with Crippen molar-refractivity contribution in [2.45, 2.75) is 34.6 Å². The maximum Gasteiger partial charge on any atom is 0.570 e. The van der Waals surface area contributed by atoms with Gasteiger partial charge in [-0.2, -0.15) is 18.8 Å². The van der Waals surface area contributed by atoms with Gasteiger partial charge in [0.05, 0.1) is 6.61 Å². The molecule has 6 nitrogen and oxygen atoms in total. The Morgan fingerprint density at radius 2 is 1.80 bits per heavy atom. The van der Waals surface area contributed by atoms with Crippen LogP contribution in [0.15, 0.2) is 0 Å². The molecule has 0 radical (unpaired) electrons. The Labute approximate surface area is 123 Å². The van der Waals surface area contributed by atoms with Gasteiger partial charge in [0, 0.05) is 18.6 Å². The standard InChI is InChI=1S/C13H31NO5P/c1-6-17-10-13(4,5)11-19-20(15,16)18-8-7-14-9-12(2)3/h12,14-16H,6-11H2,1-5H3/q+1. The maximum atomic E-state index is 9.67. The summed E-state index contributed by atoms with van der Waals surface area (Å²) >= 11 is 0. The van der Waals surface area contributed by atoms with Crippen molar-refractivity contribution in [3.05, 3.63) is 0 Å². The minimum absolute atomic E-state index is 0.174. The summed E-state index contributed by atoms with van der Waals surface area (Å²) in [6.45, 7) is 12.9. The minimum Gasteiger partial charge on any atom is -0.381 e. The third kappa shape index (κ3) is 12.0. The first-order valence-corrected chi connectivity index (χ1v) is 8.63. The van der Waals surface area contributed by atoms with E-state index in [4.69, 9.17) is 13.8 Å². The summed E-state index contributed by atoms with van der Waals surface area (Å²) in [6.07, 6.45) is 0. The van der Waals surface area contributed by atoms with Crippen molar-refractivity contribution in [3.8, 4) is 0 Å². The van der Waals surface area contributed by atoms with E-state index in [0.717, 1.165) is 6.54 Å². The second-order valence-corrected chi connectivity index (χ2v) is 7.49. The first-order chi connectivity index (χ1) is 9.18. The lowest BCUT2D eigenvalue weighted by atomic mass is 9.97. The zero-order valence-electron chi connectivity index (χ0n) is 13.4. The quantitative estimate of drug-likeness (QED) is 0.378. The fourth-order valence-corrected chi connectivity index (χ4v) is 2.26. The molecule has 0 aliphatic rings. The van der Waals surface area contributed by atoms with Gasteiger partial charge in [0.25, 0.3) is 0 Å². The Balaban J connectivity index is 3.82. The fourth-order valence-electron chi connectivity index (χ4n) is 1.34. The van der Waals surface area contributed by atoms with Gasteiger partial charge >= 0.3 is 8.17 Å². The Morgan fingerprint density at radius 1 is 1.15 bits per heavy atom. The zero-order valence-corrected chi connectivity index (χ0v) is 14.3. The van der Waals surface area contributed by atoms with Gasteiger partial charge in [0.1, 0.15) is 13.2 Å². The summed E-state index contributed by atoms with van der Waals surface area (Å²) in [4.78, 5) is 19.3. The molecular formula is C13H31NO5P+. The number of hydrogen-bond donors (Lipinski definition) is 3. The zero-order chi connectivity index (χ0) is 15.6. The Bertz CT molecular complexity index is 249. The van der Waals surface area contributed by atoms with Gasteiger partial charge in [-0.25, -0.2) is 0 Å². The van der Waals surface area contributed by atoms with Crippen molar-refractivity contribution in [3.63, 3.8) is 0 Å². The number of ether oxygens (including phenoxy) is 1. The molecule has 0 aliphatic carbocycles. The van der Waals surface area contributed by atoms with Gasteiger partial charge in [-0.05, 0) is 19.4 Å². The minimum atomic E-state index is -3.73. The molecule has 20 heavy (non-hydrogen) atoms. The molecule has 122 valence electrons. The molecule has 0 aliphatic heterocycles. The van der Waals surface area contributed by atoms with Crippen LogP contribution in [0, 0.1) is 11.3 Å². The van der Waals surface area contributed by atoms with Crippen molar-refractivity contribution in [1.29, 1.82) is 0 Å². The molecule has 0 saturated carbocycles. The van der Waals surface area contributed by atoms with Crippen molar-refractivity contribution in [2.75, 3.05) is 39.5 Å². The lowest BCUT2D eigenvalue weighted by molar-refractivity contribution is 0.0197. The first kappa shape index (κ1) is 20.2. The highest BCUT2D eigenvalue weighted by molar-refractivity contribution is 7.54. The van der Waals surface area contributed by atoms with Crippen LogP contribution in [0.5, 0.6) is 0 Å². The van der Waals surface area contributed by atoms with Gasteiger partial charge in [-0.1, -0.05) is 27.7 Å². The van der Waals surface area contributed by atoms with Crippen LogP contribution in [0.3, 0.4) is 0 Å². The maximum absolute atomic E-state index is 9.67. The predicted molar refractivity (Wildman–Crippen MR) is 81.2 cm³/mol. The highest BCUT2D eigenvalue weighted by Crippen LogP contribution is 2.53. The molecule has 0 unspecified atom stereocenters. The molecule has 0 fully saturated rings. The predicted octanol–water partition coefficient (Wildman–Crippen LogP) is 1.99. The first-order valence-electron chi connectivity index (χ1n) is 7.10. The monoisotopic (exact) mass is 312 g/mol. The molecule has 0 saturated heterocycles. The SMILES string of the molecule is CCOCC(C)(C)CO[P+](O)(O)OCCNCC(C)C. The van der Waals surface area contributed by atoms with E-state index in [1.54, 1.807) is 0 Å². The van der Waals surface area contributed by atoms with Gasteiger partial charge in [-0.15, -0.1) is 0 Å². The highest BCUT2D eigenvalue weighted by atomic mass is 31.2. The van der Waals surface area contributed by atoms with Crippen LogP contribution < -0.4 is 5.32 Å². The molecule has 3 N–H and O–H groups in total. The molecule has 0 heterocycles. The molecule has 0 atom stereocenters. The van der Waals surface area contributed by atoms with Crippen LogP contribution in [-0.4, -0.2) is 49.3 Å². The van der Waals surface area contributed by atoms with Gasteiger partial charge in [0.2, 0.25) is 0 Å². The third-order valence-electron chi connectivity index (χ3n) is 2.41. The van der Waals surface area contributed by atoms with Crippen LogP contribution >= 0.6 is 8.17 Å². The van der Waals surface area contributed by atoms with Crippen molar-refractivity contribution in [1.82, 2.24) is 5.32 Å². The Hall–Kier alpha value is 0.190.